The third-order valence-electron chi connectivity index (χ3n) is 8.59. The zero-order chi connectivity index (χ0) is 27.1. The first kappa shape index (κ1) is 26.6. The van der Waals surface area contributed by atoms with E-state index in [-0.39, 0.29) is 12.8 Å². The van der Waals surface area contributed by atoms with Gasteiger partial charge in [-0.05, 0) is 0 Å². The van der Waals surface area contributed by atoms with Crippen molar-refractivity contribution in [1.82, 2.24) is 4.90 Å². The minimum atomic E-state index is -0.522. The van der Waals surface area contributed by atoms with Crippen LogP contribution in [0.3, 0.4) is 0 Å². The molecule has 4 aliphatic rings. The summed E-state index contributed by atoms with van der Waals surface area (Å²) >= 11 is 0.474. The Hall–Kier alpha value is -2.61. The molecule has 0 saturated heterocycles. The first-order chi connectivity index (χ1) is 19.1. The Morgan fingerprint density at radius 1 is 0.974 bits per heavy atom. The predicted octanol–water partition coefficient (Wildman–Crippen LogP) is 5.23. The van der Waals surface area contributed by atoms with Crippen molar-refractivity contribution in [3.05, 3.63) is 39.9 Å². The second-order valence-corrected chi connectivity index (χ2v) is 13.4. The molecular weight excluding hydrogens is 565 g/mol. The molecule has 0 unspecified atom stereocenters. The Morgan fingerprint density at radius 3 is 2.44 bits per heavy atom. The van der Waals surface area contributed by atoms with E-state index in [1.807, 2.05) is 12.1 Å². The number of hydrogen-bond acceptors (Lipinski definition) is 8. The molecule has 8 nitrogen and oxygen atoms in total. The Kier molecular flexibility index (Phi) is 7.58. The molecule has 1 aliphatic carbocycles. The van der Waals surface area contributed by atoms with Gasteiger partial charge in [-0.1, -0.05) is 0 Å². The average molecular weight is 603 g/mol. The molecule has 0 radical (unpaired) electrons. The molecule has 1 fully saturated rings. The van der Waals surface area contributed by atoms with Crippen molar-refractivity contribution < 1.29 is 33.2 Å². The number of carbonyl (C=O) groups excluding carboxylic acids is 1. The van der Waals surface area contributed by atoms with Crippen LogP contribution in [-0.4, -0.2) is 67.5 Å². The van der Waals surface area contributed by atoms with Gasteiger partial charge < -0.3 is 0 Å². The summed E-state index contributed by atoms with van der Waals surface area (Å²) in [7, 11) is 6.88. The standard InChI is InChI=1S/C30H37NO7Se/c1-31-14-13-18-20(15-39-17-9-7-5-6-8-10-17)26-29(37-16-36-26)28(35-4)22(18)24(31)25-19-11-12-21(33-2)27(34-3)23(19)30(32)38-25/h11-12,17,24-25H,5-10,13-16H2,1-4H3/t24-,25+/m1/s1. The average Bonchev–Trinajstić information content (AvgIpc) is 3.46. The van der Waals surface area contributed by atoms with E-state index >= 15 is 0 Å². The fourth-order valence-electron chi connectivity index (χ4n) is 6.69. The van der Waals surface area contributed by atoms with Crippen molar-refractivity contribution in [3.63, 3.8) is 0 Å². The Balaban J connectivity index is 1.45. The van der Waals surface area contributed by atoms with E-state index in [9.17, 15) is 4.79 Å². The Bertz CT molecular complexity index is 1260. The van der Waals surface area contributed by atoms with E-state index in [0.717, 1.165) is 40.0 Å². The summed E-state index contributed by atoms with van der Waals surface area (Å²) in [6, 6.07) is 3.52. The Morgan fingerprint density at radius 2 is 1.72 bits per heavy atom. The summed E-state index contributed by atoms with van der Waals surface area (Å²) in [6.45, 7) is 1.03. The van der Waals surface area contributed by atoms with Gasteiger partial charge in [0.15, 0.2) is 0 Å². The SMILES string of the molecule is COc1ccc2c(c1OC)C(=O)O[C@@H]2[C@H]1c2c(c(C[Se]C3CCCCCC3)c3c(c2OC)OCO3)CCN1C. The third-order valence-corrected chi connectivity index (χ3v) is 11.5. The molecule has 0 aromatic heterocycles. The molecule has 1 saturated carbocycles. The van der Waals surface area contributed by atoms with Crippen LogP contribution in [0.15, 0.2) is 12.1 Å². The zero-order valence-corrected chi connectivity index (χ0v) is 24.9. The molecule has 3 aliphatic heterocycles. The van der Waals surface area contributed by atoms with Crippen LogP contribution in [0.2, 0.25) is 4.82 Å². The normalized spacial score (nSPS) is 22.6. The van der Waals surface area contributed by atoms with Crippen LogP contribution < -0.4 is 23.7 Å². The van der Waals surface area contributed by atoms with Gasteiger partial charge in [0.1, 0.15) is 0 Å². The van der Waals surface area contributed by atoms with E-state index in [1.165, 1.54) is 49.7 Å². The summed E-state index contributed by atoms with van der Waals surface area (Å²) in [5.74, 6) is 2.73. The molecule has 3 heterocycles. The van der Waals surface area contributed by atoms with E-state index < -0.39 is 12.1 Å². The fourth-order valence-corrected chi connectivity index (χ4v) is 9.57. The van der Waals surface area contributed by atoms with Crippen LogP contribution in [0, 0.1) is 0 Å². The molecule has 0 spiro atoms. The van der Waals surface area contributed by atoms with Gasteiger partial charge >= 0.3 is 237 Å². The van der Waals surface area contributed by atoms with Gasteiger partial charge in [0.25, 0.3) is 0 Å². The van der Waals surface area contributed by atoms with Crippen molar-refractivity contribution in [2.75, 3.05) is 41.7 Å². The molecule has 2 aromatic carbocycles. The zero-order valence-electron chi connectivity index (χ0n) is 23.2. The predicted molar refractivity (Wildman–Crippen MR) is 147 cm³/mol. The molecule has 0 N–H and O–H groups in total. The van der Waals surface area contributed by atoms with Crippen molar-refractivity contribution in [2.24, 2.45) is 0 Å². The van der Waals surface area contributed by atoms with E-state index in [2.05, 4.69) is 11.9 Å². The van der Waals surface area contributed by atoms with Gasteiger partial charge in [0.05, 0.1) is 0 Å². The van der Waals surface area contributed by atoms with Crippen LogP contribution in [0.5, 0.6) is 28.7 Å². The third kappa shape index (κ3) is 4.52. The number of likely N-dealkylation sites (N-methyl/N-ethyl adjacent to an activating group) is 1. The van der Waals surface area contributed by atoms with Gasteiger partial charge in [0.2, 0.25) is 0 Å². The number of nitrogens with zero attached hydrogens (tertiary/aromatic N) is 1. The van der Waals surface area contributed by atoms with Crippen molar-refractivity contribution >= 4 is 20.9 Å². The number of carbonyl (C=O) groups is 1. The van der Waals surface area contributed by atoms with Crippen LogP contribution >= 0.6 is 0 Å². The maximum atomic E-state index is 13.2. The van der Waals surface area contributed by atoms with Crippen molar-refractivity contribution in [2.45, 2.75) is 67.2 Å². The van der Waals surface area contributed by atoms with Gasteiger partial charge in [-0.15, -0.1) is 0 Å². The maximum absolute atomic E-state index is 13.2. The van der Waals surface area contributed by atoms with Crippen LogP contribution in [0.25, 0.3) is 0 Å². The number of rotatable bonds is 7. The number of ether oxygens (including phenoxy) is 6. The van der Waals surface area contributed by atoms with E-state index in [1.54, 1.807) is 21.3 Å². The minimum absolute atomic E-state index is 0.191. The topological polar surface area (TPSA) is 75.7 Å². The molecule has 9 heteroatoms. The number of benzene rings is 2. The number of cyclic esters (lactones) is 1. The molecule has 39 heavy (non-hydrogen) atoms. The molecule has 2 aromatic rings. The summed E-state index contributed by atoms with van der Waals surface area (Å²) in [5.41, 5.74) is 4.80. The van der Waals surface area contributed by atoms with Gasteiger partial charge in [-0.2, -0.15) is 0 Å². The molecule has 6 rings (SSSR count). The van der Waals surface area contributed by atoms with Crippen molar-refractivity contribution in [1.29, 1.82) is 0 Å². The van der Waals surface area contributed by atoms with Crippen LogP contribution in [0.4, 0.5) is 0 Å². The number of hydrogen-bond donors (Lipinski definition) is 0. The quantitative estimate of drug-likeness (QED) is 0.243. The second-order valence-electron chi connectivity index (χ2n) is 10.7. The number of fused-ring (bicyclic) bond motifs is 3. The summed E-state index contributed by atoms with van der Waals surface area (Å²) in [6.07, 6.45) is 8.45. The number of esters is 1. The molecule has 0 amide bonds. The molecule has 210 valence electrons. The monoisotopic (exact) mass is 603 g/mol. The van der Waals surface area contributed by atoms with Crippen molar-refractivity contribution in [3.8, 4) is 28.7 Å². The number of methoxy groups -OCH3 is 3. The van der Waals surface area contributed by atoms with Gasteiger partial charge in [-0.3, -0.25) is 0 Å². The first-order valence-electron chi connectivity index (χ1n) is 13.9. The first-order valence-corrected chi connectivity index (χ1v) is 16.1. The molecule has 2 atom stereocenters. The van der Waals surface area contributed by atoms with Crippen LogP contribution in [0.1, 0.15) is 83.3 Å². The summed E-state index contributed by atoms with van der Waals surface area (Å²) in [4.78, 5) is 16.3. The Labute approximate surface area is 236 Å². The fraction of sp³-hybridized carbons (Fsp3) is 0.567. The van der Waals surface area contributed by atoms with Crippen LogP contribution in [-0.2, 0) is 16.5 Å². The van der Waals surface area contributed by atoms with E-state index in [0.29, 0.717) is 43.5 Å². The van der Waals surface area contributed by atoms with Gasteiger partial charge in [0, 0.05) is 0 Å². The molecule has 0 bridgehead atoms. The van der Waals surface area contributed by atoms with E-state index in [4.69, 9.17) is 28.4 Å². The summed E-state index contributed by atoms with van der Waals surface area (Å²) < 4.78 is 35.4. The van der Waals surface area contributed by atoms with Gasteiger partial charge in [-0.25, -0.2) is 0 Å². The summed E-state index contributed by atoms with van der Waals surface area (Å²) in [5, 5.41) is 1.01. The second kappa shape index (κ2) is 11.1. The molecular formula is C30H37NO7Se.